The van der Waals surface area contributed by atoms with Gasteiger partial charge in [-0.2, -0.15) is 0 Å². The number of aromatic nitrogens is 1. The van der Waals surface area contributed by atoms with E-state index < -0.39 is 0 Å². The number of hydrogen-bond donors (Lipinski definition) is 1. The summed E-state index contributed by atoms with van der Waals surface area (Å²) in [6.45, 7) is 2.01. The van der Waals surface area contributed by atoms with Gasteiger partial charge in [0.1, 0.15) is 0 Å². The van der Waals surface area contributed by atoms with Crippen LogP contribution < -0.4 is 5.73 Å². The molecule has 0 amide bonds. The minimum atomic E-state index is 0.193. The van der Waals surface area contributed by atoms with Gasteiger partial charge < -0.3 is 5.73 Å². The Labute approximate surface area is 110 Å². The fourth-order valence-electron chi connectivity index (χ4n) is 1.62. The van der Waals surface area contributed by atoms with Gasteiger partial charge in [0.2, 0.25) is 0 Å². The van der Waals surface area contributed by atoms with Crippen molar-refractivity contribution < 1.29 is 0 Å². The minimum absolute atomic E-state index is 0.193. The normalized spacial score (nSPS) is 12.6. The van der Waals surface area contributed by atoms with Gasteiger partial charge in [-0.25, -0.2) is 4.98 Å². The van der Waals surface area contributed by atoms with Crippen LogP contribution in [0.5, 0.6) is 0 Å². The Morgan fingerprint density at radius 1 is 1.35 bits per heavy atom. The lowest BCUT2D eigenvalue weighted by atomic mass is 10.2. The summed E-state index contributed by atoms with van der Waals surface area (Å²) in [5, 5.41) is 1.90. The van der Waals surface area contributed by atoms with E-state index in [1.807, 2.05) is 37.4 Å². The molecule has 2 rings (SSSR count). The Balaban J connectivity index is 2.03. The van der Waals surface area contributed by atoms with Crippen LogP contribution in [0.2, 0.25) is 5.02 Å². The topological polar surface area (TPSA) is 38.9 Å². The standard InChI is InChI=1S/C13H15ClN2S/c1-9(15)6-12-8-16-13(17-12)7-10-2-4-11(14)5-3-10/h2-5,8-9H,6-7,15H2,1H3. The molecule has 0 radical (unpaired) electrons. The quantitative estimate of drug-likeness (QED) is 0.922. The minimum Gasteiger partial charge on any atom is -0.328 e. The molecule has 0 spiro atoms. The summed E-state index contributed by atoms with van der Waals surface area (Å²) >= 11 is 7.59. The molecule has 2 nitrogen and oxygen atoms in total. The zero-order valence-electron chi connectivity index (χ0n) is 9.69. The molecule has 90 valence electrons. The summed E-state index contributed by atoms with van der Waals surface area (Å²) in [6, 6.07) is 8.09. The maximum Gasteiger partial charge on any atom is 0.0971 e. The lowest BCUT2D eigenvalue weighted by Crippen LogP contribution is -2.16. The van der Waals surface area contributed by atoms with Crippen molar-refractivity contribution in [3.05, 3.63) is 50.9 Å². The van der Waals surface area contributed by atoms with E-state index in [9.17, 15) is 0 Å². The molecule has 2 N–H and O–H groups in total. The maximum atomic E-state index is 5.85. The summed E-state index contributed by atoms with van der Waals surface area (Å²) in [6.07, 6.45) is 3.69. The third kappa shape index (κ3) is 3.80. The van der Waals surface area contributed by atoms with Gasteiger partial charge in [0.15, 0.2) is 0 Å². The maximum absolute atomic E-state index is 5.85. The lowest BCUT2D eigenvalue weighted by Gasteiger charge is -2.00. The second kappa shape index (κ2) is 5.63. The fraction of sp³-hybridized carbons (Fsp3) is 0.308. The molecular weight excluding hydrogens is 252 g/mol. The van der Waals surface area contributed by atoms with E-state index >= 15 is 0 Å². The first-order valence-electron chi connectivity index (χ1n) is 5.57. The van der Waals surface area contributed by atoms with Crippen molar-refractivity contribution in [3.8, 4) is 0 Å². The monoisotopic (exact) mass is 266 g/mol. The molecule has 0 fully saturated rings. The lowest BCUT2D eigenvalue weighted by molar-refractivity contribution is 0.745. The average Bonchev–Trinajstić information content (AvgIpc) is 2.68. The van der Waals surface area contributed by atoms with Gasteiger partial charge in [0.25, 0.3) is 0 Å². The van der Waals surface area contributed by atoms with Gasteiger partial charge >= 0.3 is 0 Å². The fourth-order valence-corrected chi connectivity index (χ4v) is 2.84. The van der Waals surface area contributed by atoms with Crippen LogP contribution in [-0.2, 0) is 12.8 Å². The molecule has 0 bridgehead atoms. The van der Waals surface area contributed by atoms with Gasteiger partial charge in [-0.05, 0) is 31.0 Å². The number of benzene rings is 1. The van der Waals surface area contributed by atoms with Crippen LogP contribution in [0.3, 0.4) is 0 Å². The Bertz CT molecular complexity index is 476. The Morgan fingerprint density at radius 2 is 2.06 bits per heavy atom. The molecular formula is C13H15ClN2S. The predicted octanol–water partition coefficient (Wildman–Crippen LogP) is 3.28. The van der Waals surface area contributed by atoms with E-state index in [1.165, 1.54) is 10.4 Å². The zero-order valence-corrected chi connectivity index (χ0v) is 11.3. The van der Waals surface area contributed by atoms with Crippen LogP contribution in [0.4, 0.5) is 0 Å². The summed E-state index contributed by atoms with van der Waals surface area (Å²) in [4.78, 5) is 5.67. The number of halogens is 1. The van der Waals surface area contributed by atoms with Gasteiger partial charge in [0.05, 0.1) is 5.01 Å². The zero-order chi connectivity index (χ0) is 12.3. The van der Waals surface area contributed by atoms with Crippen molar-refractivity contribution in [1.82, 2.24) is 4.98 Å². The molecule has 1 unspecified atom stereocenters. The second-order valence-corrected chi connectivity index (χ2v) is 5.84. The van der Waals surface area contributed by atoms with Gasteiger partial charge in [-0.3, -0.25) is 0 Å². The Hall–Kier alpha value is -0.900. The summed E-state index contributed by atoms with van der Waals surface area (Å²) in [7, 11) is 0. The molecule has 1 heterocycles. The van der Waals surface area contributed by atoms with Crippen LogP contribution in [0.25, 0.3) is 0 Å². The molecule has 1 aromatic heterocycles. The van der Waals surface area contributed by atoms with E-state index in [4.69, 9.17) is 17.3 Å². The molecule has 0 saturated heterocycles. The smallest absolute Gasteiger partial charge is 0.0971 e. The van der Waals surface area contributed by atoms with Gasteiger partial charge in [-0.1, -0.05) is 23.7 Å². The number of rotatable bonds is 4. The van der Waals surface area contributed by atoms with Gasteiger partial charge in [-0.15, -0.1) is 11.3 Å². The van der Waals surface area contributed by atoms with Crippen molar-refractivity contribution in [2.24, 2.45) is 5.73 Å². The molecule has 4 heteroatoms. The number of nitrogens with zero attached hydrogens (tertiary/aromatic N) is 1. The molecule has 1 atom stereocenters. The molecule has 0 aliphatic rings. The van der Waals surface area contributed by atoms with E-state index in [-0.39, 0.29) is 6.04 Å². The van der Waals surface area contributed by atoms with Crippen molar-refractivity contribution in [2.45, 2.75) is 25.8 Å². The summed E-state index contributed by atoms with van der Waals surface area (Å²) in [5.74, 6) is 0. The molecule has 0 saturated carbocycles. The van der Waals surface area contributed by atoms with Crippen LogP contribution in [0.1, 0.15) is 22.4 Å². The molecule has 17 heavy (non-hydrogen) atoms. The third-order valence-corrected chi connectivity index (χ3v) is 3.66. The second-order valence-electron chi connectivity index (χ2n) is 4.20. The van der Waals surface area contributed by atoms with Crippen LogP contribution in [-0.4, -0.2) is 11.0 Å². The predicted molar refractivity (Wildman–Crippen MR) is 73.7 cm³/mol. The van der Waals surface area contributed by atoms with E-state index in [0.29, 0.717) is 0 Å². The molecule has 0 aliphatic heterocycles. The van der Waals surface area contributed by atoms with E-state index in [1.54, 1.807) is 11.3 Å². The van der Waals surface area contributed by atoms with Crippen LogP contribution in [0, 0.1) is 0 Å². The van der Waals surface area contributed by atoms with Crippen LogP contribution >= 0.6 is 22.9 Å². The Kier molecular flexibility index (Phi) is 4.15. The number of thiazole rings is 1. The first kappa shape index (κ1) is 12.6. The first-order chi connectivity index (χ1) is 8.13. The average molecular weight is 267 g/mol. The third-order valence-electron chi connectivity index (χ3n) is 2.39. The van der Waals surface area contributed by atoms with Crippen LogP contribution in [0.15, 0.2) is 30.5 Å². The molecule has 2 aromatic rings. The first-order valence-corrected chi connectivity index (χ1v) is 6.76. The Morgan fingerprint density at radius 3 is 2.71 bits per heavy atom. The number of hydrogen-bond acceptors (Lipinski definition) is 3. The van der Waals surface area contributed by atoms with Gasteiger partial charge in [0, 0.05) is 28.6 Å². The largest absolute Gasteiger partial charge is 0.328 e. The highest BCUT2D eigenvalue weighted by Gasteiger charge is 2.05. The SMILES string of the molecule is CC(N)Cc1cnc(Cc2ccc(Cl)cc2)s1. The summed E-state index contributed by atoms with van der Waals surface area (Å²) < 4.78 is 0. The van der Waals surface area contributed by atoms with Crippen molar-refractivity contribution in [2.75, 3.05) is 0 Å². The highest BCUT2D eigenvalue weighted by atomic mass is 35.5. The van der Waals surface area contributed by atoms with Crippen molar-refractivity contribution in [3.63, 3.8) is 0 Å². The molecule has 0 aliphatic carbocycles. The van der Waals surface area contributed by atoms with E-state index in [0.717, 1.165) is 22.9 Å². The number of nitrogens with two attached hydrogens (primary N) is 1. The highest BCUT2D eigenvalue weighted by molar-refractivity contribution is 7.11. The summed E-state index contributed by atoms with van der Waals surface area (Å²) in [5.41, 5.74) is 7.00. The molecule has 1 aromatic carbocycles. The van der Waals surface area contributed by atoms with Crippen molar-refractivity contribution in [1.29, 1.82) is 0 Å². The van der Waals surface area contributed by atoms with E-state index in [2.05, 4.69) is 4.98 Å². The highest BCUT2D eigenvalue weighted by Crippen LogP contribution is 2.19. The van der Waals surface area contributed by atoms with Crippen molar-refractivity contribution >= 4 is 22.9 Å².